The maximum absolute atomic E-state index is 12.0. The van der Waals surface area contributed by atoms with Crippen molar-refractivity contribution in [1.82, 2.24) is 5.32 Å². The number of halogens is 1. The molecule has 1 N–H and O–H groups in total. The van der Waals surface area contributed by atoms with Gasteiger partial charge in [-0.1, -0.05) is 34.1 Å². The molecule has 4 heteroatoms. The van der Waals surface area contributed by atoms with Crippen molar-refractivity contribution in [1.29, 1.82) is 0 Å². The molecule has 0 saturated heterocycles. The first kappa shape index (κ1) is 11.5. The molecule has 0 fully saturated rings. The van der Waals surface area contributed by atoms with E-state index in [9.17, 15) is 4.79 Å². The van der Waals surface area contributed by atoms with E-state index in [2.05, 4.69) is 21.2 Å². The molecule has 0 spiro atoms. The van der Waals surface area contributed by atoms with Crippen LogP contribution in [0.15, 0.2) is 24.3 Å². The summed E-state index contributed by atoms with van der Waals surface area (Å²) in [5, 5.41) is 3.70. The third kappa shape index (κ3) is 2.21. The summed E-state index contributed by atoms with van der Waals surface area (Å²) >= 11 is 3.34. The Morgan fingerprint density at radius 2 is 2.38 bits per heavy atom. The minimum atomic E-state index is -0.169. The van der Waals surface area contributed by atoms with Crippen LogP contribution in [0.5, 0.6) is 5.75 Å². The molecule has 0 radical (unpaired) electrons. The van der Waals surface area contributed by atoms with E-state index in [1.807, 2.05) is 31.2 Å². The summed E-state index contributed by atoms with van der Waals surface area (Å²) in [6.07, 6.45) is 0. The highest BCUT2D eigenvalue weighted by Crippen LogP contribution is 2.33. The van der Waals surface area contributed by atoms with E-state index in [0.29, 0.717) is 6.61 Å². The first-order valence-corrected chi connectivity index (χ1v) is 6.42. The second kappa shape index (κ2) is 4.87. The zero-order valence-corrected chi connectivity index (χ0v) is 10.7. The lowest BCUT2D eigenvalue weighted by atomic mass is 10.0. The molecular formula is C12H14BrNO2. The molecule has 0 aromatic heterocycles. The van der Waals surface area contributed by atoms with Crippen molar-refractivity contribution >= 4 is 21.8 Å². The third-order valence-electron chi connectivity index (χ3n) is 2.64. The van der Waals surface area contributed by atoms with Crippen LogP contribution in [0.4, 0.5) is 0 Å². The molecule has 2 rings (SSSR count). The molecule has 0 saturated carbocycles. The first-order valence-electron chi connectivity index (χ1n) is 5.30. The van der Waals surface area contributed by atoms with Crippen molar-refractivity contribution in [2.24, 2.45) is 0 Å². The molecular weight excluding hydrogens is 270 g/mol. The number of ether oxygens (including phenoxy) is 1. The molecule has 0 bridgehead atoms. The van der Waals surface area contributed by atoms with E-state index in [1.54, 1.807) is 0 Å². The Kier molecular flexibility index (Phi) is 3.49. The van der Waals surface area contributed by atoms with Crippen LogP contribution in [0.1, 0.15) is 18.4 Å². The molecule has 1 aliphatic rings. The first-order chi connectivity index (χ1) is 7.72. The molecule has 1 amide bonds. The summed E-state index contributed by atoms with van der Waals surface area (Å²) in [5.74, 6) is 0.698. The molecule has 2 atom stereocenters. The highest BCUT2D eigenvalue weighted by molar-refractivity contribution is 9.09. The highest BCUT2D eigenvalue weighted by Gasteiger charge is 2.30. The smallest absolute Gasteiger partial charge is 0.231 e. The quantitative estimate of drug-likeness (QED) is 0.863. The maximum Gasteiger partial charge on any atom is 0.231 e. The topological polar surface area (TPSA) is 38.3 Å². The molecule has 1 aromatic carbocycles. The number of benzene rings is 1. The van der Waals surface area contributed by atoms with E-state index in [1.165, 1.54) is 0 Å². The lowest BCUT2D eigenvalue weighted by Crippen LogP contribution is -2.37. The van der Waals surface area contributed by atoms with Gasteiger partial charge in [0.15, 0.2) is 0 Å². The molecule has 86 valence electrons. The predicted octanol–water partition coefficient (Wildman–Crippen LogP) is 2.06. The predicted molar refractivity (Wildman–Crippen MR) is 66.1 cm³/mol. The Balaban J connectivity index is 2.10. The monoisotopic (exact) mass is 283 g/mol. The van der Waals surface area contributed by atoms with E-state index < -0.39 is 0 Å². The average Bonchev–Trinajstić information content (AvgIpc) is 2.72. The summed E-state index contributed by atoms with van der Waals surface area (Å²) in [4.78, 5) is 12.0. The van der Waals surface area contributed by atoms with Gasteiger partial charge in [0.2, 0.25) is 5.91 Å². The normalized spacial score (nSPS) is 19.8. The summed E-state index contributed by atoms with van der Waals surface area (Å²) < 4.78 is 5.47. The van der Waals surface area contributed by atoms with Crippen molar-refractivity contribution in [3.63, 3.8) is 0 Å². The van der Waals surface area contributed by atoms with Crippen LogP contribution in [0.3, 0.4) is 0 Å². The fourth-order valence-corrected chi connectivity index (χ4v) is 1.92. The van der Waals surface area contributed by atoms with Gasteiger partial charge >= 0.3 is 0 Å². The largest absolute Gasteiger partial charge is 0.492 e. The van der Waals surface area contributed by atoms with Crippen LogP contribution < -0.4 is 10.1 Å². The van der Waals surface area contributed by atoms with Crippen molar-refractivity contribution in [2.75, 3.05) is 11.9 Å². The Hall–Kier alpha value is -1.03. The lowest BCUT2D eigenvalue weighted by Gasteiger charge is -2.14. The number of amides is 1. The maximum atomic E-state index is 12.0. The van der Waals surface area contributed by atoms with Gasteiger partial charge in [-0.25, -0.2) is 0 Å². The Bertz CT molecular complexity index is 394. The minimum absolute atomic E-state index is 0.0388. The number of nitrogens with one attached hydrogen (secondary N) is 1. The number of rotatable bonds is 3. The van der Waals surface area contributed by atoms with E-state index in [0.717, 1.165) is 16.6 Å². The van der Waals surface area contributed by atoms with Crippen molar-refractivity contribution in [3.8, 4) is 5.75 Å². The van der Waals surface area contributed by atoms with Crippen molar-refractivity contribution in [3.05, 3.63) is 29.8 Å². The Labute approximate surface area is 103 Å². The highest BCUT2D eigenvalue weighted by atomic mass is 79.9. The Morgan fingerprint density at radius 1 is 1.62 bits per heavy atom. The number of alkyl halides is 1. The van der Waals surface area contributed by atoms with E-state index in [4.69, 9.17) is 4.74 Å². The van der Waals surface area contributed by atoms with Crippen LogP contribution in [0.2, 0.25) is 0 Å². The van der Waals surface area contributed by atoms with Crippen LogP contribution in [-0.2, 0) is 4.79 Å². The van der Waals surface area contributed by atoms with Gasteiger partial charge in [0.05, 0.1) is 0 Å². The molecule has 1 aromatic rings. The summed E-state index contributed by atoms with van der Waals surface area (Å²) in [6.45, 7) is 2.41. The van der Waals surface area contributed by atoms with Gasteiger partial charge in [-0.15, -0.1) is 0 Å². The lowest BCUT2D eigenvalue weighted by molar-refractivity contribution is -0.123. The minimum Gasteiger partial charge on any atom is -0.492 e. The summed E-state index contributed by atoms with van der Waals surface area (Å²) in [7, 11) is 0. The summed E-state index contributed by atoms with van der Waals surface area (Å²) in [5.41, 5.74) is 0.988. The average molecular weight is 284 g/mol. The molecule has 2 unspecified atom stereocenters. The standard InChI is InChI=1S/C12H14BrNO2/c1-8(6-13)14-12(15)10-7-16-11-5-3-2-4-9(10)11/h2-5,8,10H,6-7H2,1H3,(H,14,15). The number of hydrogen-bond donors (Lipinski definition) is 1. The van der Waals surface area contributed by atoms with Gasteiger partial charge < -0.3 is 10.1 Å². The third-order valence-corrected chi connectivity index (χ3v) is 3.61. The SMILES string of the molecule is CC(CBr)NC(=O)C1COc2ccccc21. The van der Waals surface area contributed by atoms with E-state index >= 15 is 0 Å². The van der Waals surface area contributed by atoms with Gasteiger partial charge in [-0.05, 0) is 13.0 Å². The molecule has 1 aliphatic heterocycles. The Morgan fingerprint density at radius 3 is 3.12 bits per heavy atom. The van der Waals surface area contributed by atoms with Crippen molar-refractivity contribution in [2.45, 2.75) is 18.9 Å². The number of carbonyl (C=O) groups excluding carboxylic acids is 1. The van der Waals surface area contributed by atoms with Gasteiger partial charge in [-0.2, -0.15) is 0 Å². The second-order valence-electron chi connectivity index (χ2n) is 3.97. The summed E-state index contributed by atoms with van der Waals surface area (Å²) in [6, 6.07) is 7.84. The number of fused-ring (bicyclic) bond motifs is 1. The van der Waals surface area contributed by atoms with Crippen LogP contribution in [0.25, 0.3) is 0 Å². The molecule has 16 heavy (non-hydrogen) atoms. The number of carbonyl (C=O) groups is 1. The molecule has 0 aliphatic carbocycles. The van der Waals surface area contributed by atoms with Gasteiger partial charge in [0.1, 0.15) is 18.3 Å². The number of para-hydroxylation sites is 1. The zero-order valence-electron chi connectivity index (χ0n) is 9.07. The van der Waals surface area contributed by atoms with Crippen LogP contribution >= 0.6 is 15.9 Å². The van der Waals surface area contributed by atoms with Crippen LogP contribution in [-0.4, -0.2) is 23.9 Å². The number of hydrogen-bond acceptors (Lipinski definition) is 2. The fraction of sp³-hybridized carbons (Fsp3) is 0.417. The van der Waals surface area contributed by atoms with Crippen molar-refractivity contribution < 1.29 is 9.53 Å². The van der Waals surface area contributed by atoms with Gasteiger partial charge in [0, 0.05) is 16.9 Å². The van der Waals surface area contributed by atoms with E-state index in [-0.39, 0.29) is 17.9 Å². The second-order valence-corrected chi connectivity index (χ2v) is 4.61. The fourth-order valence-electron chi connectivity index (χ4n) is 1.76. The van der Waals surface area contributed by atoms with Gasteiger partial charge in [0.25, 0.3) is 0 Å². The van der Waals surface area contributed by atoms with Crippen LogP contribution in [0, 0.1) is 0 Å². The zero-order chi connectivity index (χ0) is 11.5. The molecule has 3 nitrogen and oxygen atoms in total. The van der Waals surface area contributed by atoms with Gasteiger partial charge in [-0.3, -0.25) is 4.79 Å². The molecule has 1 heterocycles.